The molecule has 4 rings (SSSR count). The molecule has 0 radical (unpaired) electrons. The molecule has 1 saturated heterocycles. The van der Waals surface area contributed by atoms with E-state index >= 15 is 0 Å². The molecule has 1 aliphatic rings. The number of nitrogens with one attached hydrogen (secondary N) is 1. The summed E-state index contributed by atoms with van der Waals surface area (Å²) in [6.45, 7) is 8.14. The molecule has 0 aliphatic carbocycles. The second-order valence-electron chi connectivity index (χ2n) is 8.82. The number of hydrogen-bond donors (Lipinski definition) is 1. The highest BCUT2D eigenvalue weighted by molar-refractivity contribution is 5.80. The number of carbonyl (C=O) groups excluding carboxylic acids is 1. The van der Waals surface area contributed by atoms with Gasteiger partial charge in [0.25, 0.3) is 0 Å². The SMILES string of the molecule is COCCCNC(=O)C1CCN(c2nc3ccccc3n2Cc2cc(C)ccc2C)CC1. The highest BCUT2D eigenvalue weighted by Gasteiger charge is 2.27. The Bertz CT molecular complexity index is 1070. The fraction of sp³-hybridized carbons (Fsp3) is 0.462. The average molecular weight is 435 g/mol. The van der Waals surface area contributed by atoms with Gasteiger partial charge in [0.05, 0.1) is 17.6 Å². The van der Waals surface area contributed by atoms with Gasteiger partial charge in [-0.25, -0.2) is 4.98 Å². The molecule has 1 amide bonds. The number of ether oxygens (including phenoxy) is 1. The summed E-state index contributed by atoms with van der Waals surface area (Å²) in [4.78, 5) is 19.9. The Hall–Kier alpha value is -2.86. The molecule has 32 heavy (non-hydrogen) atoms. The monoisotopic (exact) mass is 434 g/mol. The van der Waals surface area contributed by atoms with Gasteiger partial charge >= 0.3 is 0 Å². The second kappa shape index (κ2) is 10.2. The van der Waals surface area contributed by atoms with Gasteiger partial charge in [0, 0.05) is 39.3 Å². The number of fused-ring (bicyclic) bond motifs is 1. The predicted molar refractivity (Wildman–Crippen MR) is 129 cm³/mol. The number of benzene rings is 2. The molecule has 1 aliphatic heterocycles. The summed E-state index contributed by atoms with van der Waals surface area (Å²) < 4.78 is 7.39. The first kappa shape index (κ1) is 22.3. The van der Waals surface area contributed by atoms with Crippen LogP contribution in [0.2, 0.25) is 0 Å². The van der Waals surface area contributed by atoms with Crippen LogP contribution in [0, 0.1) is 19.8 Å². The Morgan fingerprint density at radius 1 is 1.16 bits per heavy atom. The summed E-state index contributed by atoms with van der Waals surface area (Å²) >= 11 is 0. The highest BCUT2D eigenvalue weighted by Crippen LogP contribution is 2.28. The molecule has 0 atom stereocenters. The average Bonchev–Trinajstić information content (AvgIpc) is 3.17. The standard InChI is InChI=1S/C26H34N4O2/c1-19-9-10-20(2)22(17-19)18-30-24-8-5-4-7-23(24)28-26(30)29-14-11-21(12-15-29)25(31)27-13-6-16-32-3/h4-5,7-10,17,21H,6,11-16,18H2,1-3H3,(H,27,31). The molecule has 0 bridgehead atoms. The van der Waals surface area contributed by atoms with Crippen molar-refractivity contribution < 1.29 is 9.53 Å². The van der Waals surface area contributed by atoms with E-state index in [1.165, 1.54) is 16.7 Å². The lowest BCUT2D eigenvalue weighted by Gasteiger charge is -2.32. The number of anilines is 1. The zero-order chi connectivity index (χ0) is 22.5. The third kappa shape index (κ3) is 4.96. The molecule has 0 unspecified atom stereocenters. The minimum absolute atomic E-state index is 0.0747. The third-order valence-electron chi connectivity index (χ3n) is 6.44. The molecular formula is C26H34N4O2. The molecular weight excluding hydrogens is 400 g/mol. The first-order valence-corrected chi connectivity index (χ1v) is 11.6. The van der Waals surface area contributed by atoms with Gasteiger partial charge in [0.15, 0.2) is 0 Å². The smallest absolute Gasteiger partial charge is 0.223 e. The number of imidazole rings is 1. The van der Waals surface area contributed by atoms with Crippen molar-refractivity contribution in [2.24, 2.45) is 5.92 Å². The van der Waals surface area contributed by atoms with Gasteiger partial charge < -0.3 is 19.5 Å². The van der Waals surface area contributed by atoms with Crippen LogP contribution < -0.4 is 10.2 Å². The van der Waals surface area contributed by atoms with Crippen molar-refractivity contribution in [1.82, 2.24) is 14.9 Å². The van der Waals surface area contributed by atoms with E-state index < -0.39 is 0 Å². The quantitative estimate of drug-likeness (QED) is 0.543. The Morgan fingerprint density at radius 3 is 2.72 bits per heavy atom. The van der Waals surface area contributed by atoms with E-state index in [9.17, 15) is 4.79 Å². The zero-order valence-electron chi connectivity index (χ0n) is 19.4. The summed E-state index contributed by atoms with van der Waals surface area (Å²) in [5, 5.41) is 3.06. The molecule has 0 saturated carbocycles. The summed E-state index contributed by atoms with van der Waals surface area (Å²) in [6.07, 6.45) is 2.55. The Kier molecular flexibility index (Phi) is 7.10. The minimum Gasteiger partial charge on any atom is -0.385 e. The van der Waals surface area contributed by atoms with E-state index in [0.29, 0.717) is 13.2 Å². The molecule has 170 valence electrons. The van der Waals surface area contributed by atoms with E-state index in [4.69, 9.17) is 9.72 Å². The van der Waals surface area contributed by atoms with Gasteiger partial charge in [0.2, 0.25) is 11.9 Å². The number of carbonyl (C=O) groups is 1. The van der Waals surface area contributed by atoms with Crippen molar-refractivity contribution in [3.8, 4) is 0 Å². The van der Waals surface area contributed by atoms with Crippen molar-refractivity contribution in [2.45, 2.75) is 39.7 Å². The number of aromatic nitrogens is 2. The molecule has 1 aromatic heterocycles. The molecule has 2 aromatic carbocycles. The van der Waals surface area contributed by atoms with Crippen molar-refractivity contribution in [2.75, 3.05) is 38.3 Å². The van der Waals surface area contributed by atoms with Crippen LogP contribution in [0.5, 0.6) is 0 Å². The highest BCUT2D eigenvalue weighted by atomic mass is 16.5. The van der Waals surface area contributed by atoms with E-state index in [2.05, 4.69) is 65.0 Å². The normalized spacial score (nSPS) is 14.8. The molecule has 1 fully saturated rings. The lowest BCUT2D eigenvalue weighted by atomic mass is 9.96. The maximum absolute atomic E-state index is 12.5. The number of rotatable bonds is 8. The summed E-state index contributed by atoms with van der Waals surface area (Å²) in [7, 11) is 1.69. The van der Waals surface area contributed by atoms with Gasteiger partial charge in [-0.1, -0.05) is 35.9 Å². The Balaban J connectivity index is 1.51. The van der Waals surface area contributed by atoms with Crippen LogP contribution in [-0.4, -0.2) is 48.8 Å². The van der Waals surface area contributed by atoms with Gasteiger partial charge in [-0.05, 0) is 56.4 Å². The first-order chi connectivity index (χ1) is 15.6. The largest absolute Gasteiger partial charge is 0.385 e. The zero-order valence-corrected chi connectivity index (χ0v) is 19.4. The number of methoxy groups -OCH3 is 1. The molecule has 3 aromatic rings. The summed E-state index contributed by atoms with van der Waals surface area (Å²) in [5.41, 5.74) is 6.06. The number of amides is 1. The number of nitrogens with zero attached hydrogens (tertiary/aromatic N) is 3. The Labute approximate surface area is 190 Å². The van der Waals surface area contributed by atoms with Crippen LogP contribution in [0.1, 0.15) is 36.0 Å². The second-order valence-corrected chi connectivity index (χ2v) is 8.82. The summed E-state index contributed by atoms with van der Waals surface area (Å²) in [6, 6.07) is 15.0. The fourth-order valence-corrected chi connectivity index (χ4v) is 4.52. The van der Waals surface area contributed by atoms with Crippen LogP contribution in [0.25, 0.3) is 11.0 Å². The Morgan fingerprint density at radius 2 is 1.94 bits per heavy atom. The molecule has 0 spiro atoms. The van der Waals surface area contributed by atoms with Crippen molar-refractivity contribution in [3.05, 3.63) is 59.2 Å². The number of hydrogen-bond acceptors (Lipinski definition) is 4. The predicted octanol–water partition coefficient (Wildman–Crippen LogP) is 4.07. The number of para-hydroxylation sites is 2. The number of piperidine rings is 1. The maximum atomic E-state index is 12.5. The topological polar surface area (TPSA) is 59.4 Å². The lowest BCUT2D eigenvalue weighted by molar-refractivity contribution is -0.125. The van der Waals surface area contributed by atoms with Gasteiger partial charge in [-0.2, -0.15) is 0 Å². The van der Waals surface area contributed by atoms with Gasteiger partial charge in [0.1, 0.15) is 0 Å². The van der Waals surface area contributed by atoms with Crippen LogP contribution in [-0.2, 0) is 16.1 Å². The first-order valence-electron chi connectivity index (χ1n) is 11.6. The van der Waals surface area contributed by atoms with E-state index in [0.717, 1.165) is 55.9 Å². The van der Waals surface area contributed by atoms with Crippen molar-refractivity contribution in [3.63, 3.8) is 0 Å². The minimum atomic E-state index is 0.0747. The third-order valence-corrected chi connectivity index (χ3v) is 6.44. The van der Waals surface area contributed by atoms with E-state index in [-0.39, 0.29) is 11.8 Å². The molecule has 6 heteroatoms. The summed E-state index contributed by atoms with van der Waals surface area (Å²) in [5.74, 6) is 1.25. The molecule has 6 nitrogen and oxygen atoms in total. The molecule has 2 heterocycles. The van der Waals surface area contributed by atoms with Gasteiger partial charge in [-0.3, -0.25) is 4.79 Å². The van der Waals surface area contributed by atoms with Crippen molar-refractivity contribution in [1.29, 1.82) is 0 Å². The van der Waals surface area contributed by atoms with Gasteiger partial charge in [-0.15, -0.1) is 0 Å². The number of aryl methyl sites for hydroxylation is 2. The van der Waals surface area contributed by atoms with Crippen LogP contribution in [0.15, 0.2) is 42.5 Å². The van der Waals surface area contributed by atoms with Crippen LogP contribution in [0.4, 0.5) is 5.95 Å². The van der Waals surface area contributed by atoms with E-state index in [1.807, 2.05) is 6.07 Å². The lowest BCUT2D eigenvalue weighted by Crippen LogP contribution is -2.41. The van der Waals surface area contributed by atoms with Crippen LogP contribution >= 0.6 is 0 Å². The van der Waals surface area contributed by atoms with E-state index in [1.54, 1.807) is 7.11 Å². The fourth-order valence-electron chi connectivity index (χ4n) is 4.52. The van der Waals surface area contributed by atoms with Crippen LogP contribution in [0.3, 0.4) is 0 Å². The maximum Gasteiger partial charge on any atom is 0.223 e. The van der Waals surface area contributed by atoms with Crippen molar-refractivity contribution >= 4 is 22.9 Å². The molecule has 1 N–H and O–H groups in total.